The fraction of sp³-hybridized carbons (Fsp3) is 0.500. The van der Waals surface area contributed by atoms with Crippen LogP contribution < -0.4 is 0 Å². The van der Waals surface area contributed by atoms with Gasteiger partial charge in [0.25, 0.3) is 0 Å². The molecule has 1 fully saturated rings. The number of rotatable bonds is 4. The Morgan fingerprint density at radius 2 is 1.87 bits per heavy atom. The van der Waals surface area contributed by atoms with E-state index < -0.39 is 30.1 Å². The van der Waals surface area contributed by atoms with E-state index in [0.717, 1.165) is 11.0 Å². The summed E-state index contributed by atoms with van der Waals surface area (Å²) in [7, 11) is -0.656. The van der Waals surface area contributed by atoms with Crippen molar-refractivity contribution in [3.05, 3.63) is 30.1 Å². The normalized spacial score (nSPS) is 20.8. The number of benzene rings is 1. The predicted octanol–water partition coefficient (Wildman–Crippen LogP) is 2.75. The van der Waals surface area contributed by atoms with Gasteiger partial charge in [-0.2, -0.15) is 0 Å². The monoisotopic (exact) mass is 316 g/mol. The summed E-state index contributed by atoms with van der Waals surface area (Å²) in [6, 6.07) is 7.60. The van der Waals surface area contributed by atoms with Crippen molar-refractivity contribution in [3.63, 3.8) is 0 Å². The van der Waals surface area contributed by atoms with Gasteiger partial charge in [-0.1, -0.05) is 12.1 Å². The van der Waals surface area contributed by atoms with Gasteiger partial charge in [-0.05, 0) is 39.8 Å². The summed E-state index contributed by atoms with van der Waals surface area (Å²) >= 11 is 0. The summed E-state index contributed by atoms with van der Waals surface area (Å²) in [6.45, 7) is 7.79. The second-order valence-corrected chi connectivity index (χ2v) is 6.97. The first-order valence-electron chi connectivity index (χ1n) is 7.72. The van der Waals surface area contributed by atoms with Crippen LogP contribution in [-0.4, -0.2) is 39.4 Å². The summed E-state index contributed by atoms with van der Waals surface area (Å²) in [5.41, 5.74) is 0.643. The van der Waals surface area contributed by atoms with Crippen LogP contribution in [-0.2, 0) is 14.1 Å². The molecule has 0 spiro atoms. The van der Waals surface area contributed by atoms with E-state index in [1.54, 1.807) is 0 Å². The highest BCUT2D eigenvalue weighted by Crippen LogP contribution is 2.41. The quantitative estimate of drug-likeness (QED) is 0.847. The first-order valence-corrected chi connectivity index (χ1v) is 7.72. The first-order chi connectivity index (χ1) is 10.7. The number of aromatic nitrogens is 2. The van der Waals surface area contributed by atoms with Crippen LogP contribution in [0.1, 0.15) is 45.8 Å². The van der Waals surface area contributed by atoms with Crippen LogP contribution >= 0.6 is 0 Å². The molecule has 23 heavy (non-hydrogen) atoms. The number of imidazole rings is 1. The second-order valence-electron chi connectivity index (χ2n) is 6.97. The Labute approximate surface area is 135 Å². The molecule has 1 unspecified atom stereocenters. The molecule has 2 N–H and O–H groups in total. The fourth-order valence-electron chi connectivity index (χ4n) is 2.71. The van der Waals surface area contributed by atoms with E-state index in [9.17, 15) is 9.90 Å². The lowest BCUT2D eigenvalue weighted by atomic mass is 9.69. The van der Waals surface area contributed by atoms with Gasteiger partial charge in [0.1, 0.15) is 5.82 Å². The number of hydrogen-bond acceptors (Lipinski definition) is 4. The number of hydrogen-bond donors (Lipinski definition) is 2. The summed E-state index contributed by atoms with van der Waals surface area (Å²) < 4.78 is 12.1. The number of para-hydroxylation sites is 2. The van der Waals surface area contributed by atoms with Crippen LogP contribution in [0.2, 0.25) is 0 Å². The summed E-state index contributed by atoms with van der Waals surface area (Å²) in [4.78, 5) is 19.1. The molecule has 1 atom stereocenters. The van der Waals surface area contributed by atoms with Crippen molar-refractivity contribution >= 4 is 24.1 Å². The molecule has 1 saturated heterocycles. The maximum absolute atomic E-state index is 11.3. The van der Waals surface area contributed by atoms with E-state index >= 15 is 0 Å². The lowest BCUT2D eigenvalue weighted by Crippen LogP contribution is -2.41. The van der Waals surface area contributed by atoms with Crippen LogP contribution in [0.3, 0.4) is 0 Å². The van der Waals surface area contributed by atoms with Crippen LogP contribution in [0.5, 0.6) is 0 Å². The van der Waals surface area contributed by atoms with Gasteiger partial charge in [-0.25, -0.2) is 4.98 Å². The number of H-pyrrole nitrogens is 1. The lowest BCUT2D eigenvalue weighted by Gasteiger charge is -2.32. The third kappa shape index (κ3) is 2.86. The van der Waals surface area contributed by atoms with Crippen LogP contribution in [0.25, 0.3) is 11.0 Å². The van der Waals surface area contributed by atoms with Gasteiger partial charge in [-0.15, -0.1) is 0 Å². The Kier molecular flexibility index (Phi) is 3.73. The van der Waals surface area contributed by atoms with Crippen LogP contribution in [0.15, 0.2) is 24.3 Å². The molecule has 1 aromatic heterocycles. The van der Waals surface area contributed by atoms with Gasteiger partial charge < -0.3 is 19.4 Å². The molecular formula is C16H21BN2O4. The highest BCUT2D eigenvalue weighted by Gasteiger charge is 2.55. The zero-order valence-electron chi connectivity index (χ0n) is 13.8. The molecule has 1 aliphatic rings. The van der Waals surface area contributed by atoms with Crippen LogP contribution in [0, 0.1) is 0 Å². The number of carboxylic acid groups (broad SMARTS) is 1. The van der Waals surface area contributed by atoms with Gasteiger partial charge in [0.2, 0.25) is 0 Å². The number of nitrogens with one attached hydrogen (secondary N) is 1. The Balaban J connectivity index is 1.97. The number of nitrogens with zero attached hydrogens (tertiary/aromatic N) is 1. The molecule has 0 saturated carbocycles. The van der Waals surface area contributed by atoms with Crippen LogP contribution in [0.4, 0.5) is 0 Å². The molecule has 122 valence electrons. The molecular weight excluding hydrogens is 295 g/mol. The lowest BCUT2D eigenvalue weighted by molar-refractivity contribution is -0.137. The summed E-state index contributed by atoms with van der Waals surface area (Å²) in [5, 5.41) is 9.29. The number of carboxylic acids is 1. The molecule has 0 amide bonds. The summed E-state index contributed by atoms with van der Waals surface area (Å²) in [6.07, 6.45) is -0.114. The number of aromatic amines is 1. The minimum atomic E-state index is -0.912. The number of aliphatic carboxylic acids is 1. The largest absolute Gasteiger partial charge is 0.481 e. The van der Waals surface area contributed by atoms with E-state index in [4.69, 9.17) is 9.31 Å². The molecule has 0 bridgehead atoms. The Morgan fingerprint density at radius 1 is 1.26 bits per heavy atom. The third-order valence-electron chi connectivity index (χ3n) is 4.75. The van der Waals surface area contributed by atoms with E-state index in [2.05, 4.69) is 9.97 Å². The van der Waals surface area contributed by atoms with Crippen molar-refractivity contribution in [3.8, 4) is 0 Å². The van der Waals surface area contributed by atoms with Gasteiger partial charge >= 0.3 is 13.1 Å². The number of fused-ring (bicyclic) bond motifs is 1. The smallest absolute Gasteiger partial charge is 0.469 e. The van der Waals surface area contributed by atoms with Crippen molar-refractivity contribution in [2.75, 3.05) is 0 Å². The predicted molar refractivity (Wildman–Crippen MR) is 87.2 cm³/mol. The Bertz CT molecular complexity index is 692. The van der Waals surface area contributed by atoms with E-state index in [-0.39, 0.29) is 6.42 Å². The first kappa shape index (κ1) is 16.0. The topological polar surface area (TPSA) is 84.4 Å². The SMILES string of the molecule is CC1(C)OB(C(CC(=O)O)c2nc3ccccc3[nH]2)OC1(C)C. The maximum atomic E-state index is 11.3. The van der Waals surface area contributed by atoms with Gasteiger partial charge in [-0.3, -0.25) is 4.79 Å². The molecule has 7 heteroatoms. The van der Waals surface area contributed by atoms with E-state index in [0.29, 0.717) is 5.82 Å². The minimum Gasteiger partial charge on any atom is -0.481 e. The molecule has 2 heterocycles. The van der Waals surface area contributed by atoms with Crippen molar-refractivity contribution in [1.82, 2.24) is 9.97 Å². The Hall–Kier alpha value is -1.86. The molecule has 1 aromatic carbocycles. The average Bonchev–Trinajstić information content (AvgIpc) is 2.94. The standard InChI is InChI=1S/C16H21BN2O4/c1-15(2)16(3,4)23-17(22-15)10(9-13(20)21)14-18-11-7-5-6-8-12(11)19-14/h5-8,10H,9H2,1-4H3,(H,18,19)(H,20,21). The van der Waals surface area contributed by atoms with Gasteiger partial charge in [0, 0.05) is 0 Å². The zero-order valence-corrected chi connectivity index (χ0v) is 13.8. The Morgan fingerprint density at radius 3 is 2.43 bits per heavy atom. The fourth-order valence-corrected chi connectivity index (χ4v) is 2.71. The molecule has 0 aliphatic carbocycles. The van der Waals surface area contributed by atoms with Crippen molar-refractivity contribution < 1.29 is 19.2 Å². The maximum Gasteiger partial charge on any atom is 0.469 e. The number of carbonyl (C=O) groups is 1. The molecule has 6 nitrogen and oxygen atoms in total. The van der Waals surface area contributed by atoms with Gasteiger partial charge in [0.15, 0.2) is 0 Å². The highest BCUT2D eigenvalue weighted by molar-refractivity contribution is 6.47. The average molecular weight is 316 g/mol. The molecule has 3 rings (SSSR count). The van der Waals surface area contributed by atoms with Crippen molar-refractivity contribution in [2.45, 2.75) is 51.1 Å². The van der Waals surface area contributed by atoms with E-state index in [1.165, 1.54) is 0 Å². The molecule has 2 aromatic rings. The van der Waals surface area contributed by atoms with Crippen molar-refractivity contribution in [2.24, 2.45) is 0 Å². The van der Waals surface area contributed by atoms with Crippen molar-refractivity contribution in [1.29, 1.82) is 0 Å². The molecule has 1 aliphatic heterocycles. The van der Waals surface area contributed by atoms with E-state index in [1.807, 2.05) is 52.0 Å². The highest BCUT2D eigenvalue weighted by atomic mass is 16.7. The second kappa shape index (κ2) is 5.35. The van der Waals surface area contributed by atoms with Gasteiger partial charge in [0.05, 0.1) is 34.5 Å². The summed E-state index contributed by atoms with van der Waals surface area (Å²) in [5.74, 6) is -0.835. The zero-order chi connectivity index (χ0) is 16.8. The third-order valence-corrected chi connectivity index (χ3v) is 4.75. The minimum absolute atomic E-state index is 0.114. The molecule has 0 radical (unpaired) electrons.